The van der Waals surface area contributed by atoms with Crippen molar-refractivity contribution in [3.05, 3.63) is 89.9 Å². The zero-order chi connectivity index (χ0) is 17.5. The number of amides is 1. The van der Waals surface area contributed by atoms with E-state index in [0.29, 0.717) is 29.9 Å². The number of pyridine rings is 1. The van der Waals surface area contributed by atoms with Gasteiger partial charge in [0.25, 0.3) is 5.91 Å². The van der Waals surface area contributed by atoms with E-state index in [1.807, 2.05) is 30.3 Å². The molecule has 3 rings (SSSR count). The molecule has 0 saturated heterocycles. The molecular weight excluding hydrogens is 317 g/mol. The quantitative estimate of drug-likeness (QED) is 0.712. The van der Waals surface area contributed by atoms with Crippen LogP contribution in [0.15, 0.2) is 72.9 Å². The van der Waals surface area contributed by atoms with Crippen LogP contribution >= 0.6 is 0 Å². The first kappa shape index (κ1) is 16.6. The Bertz CT molecular complexity index is 835. The van der Waals surface area contributed by atoms with E-state index in [0.717, 1.165) is 5.69 Å². The van der Waals surface area contributed by atoms with Gasteiger partial charge in [-0.3, -0.25) is 4.79 Å². The minimum atomic E-state index is -0.201. The third kappa shape index (κ3) is 4.64. The molecule has 126 valence electrons. The number of rotatable bonds is 6. The molecule has 0 aliphatic carbocycles. The Morgan fingerprint density at radius 1 is 0.960 bits per heavy atom. The smallest absolute Gasteiger partial charge is 0.256 e. The van der Waals surface area contributed by atoms with Crippen LogP contribution in [0.25, 0.3) is 0 Å². The Kier molecular flexibility index (Phi) is 5.36. The van der Waals surface area contributed by atoms with Crippen molar-refractivity contribution < 1.29 is 9.18 Å². The molecule has 3 aromatic rings. The van der Waals surface area contributed by atoms with Gasteiger partial charge in [0, 0.05) is 12.1 Å². The van der Waals surface area contributed by atoms with Gasteiger partial charge in [0.15, 0.2) is 0 Å². The molecule has 0 fully saturated rings. The van der Waals surface area contributed by atoms with Crippen molar-refractivity contribution in [3.8, 4) is 0 Å². The summed E-state index contributed by atoms with van der Waals surface area (Å²) >= 11 is 0. The number of nitrogens with zero attached hydrogens (tertiary/aromatic N) is 1. The third-order valence-corrected chi connectivity index (χ3v) is 3.72. The Labute approximate surface area is 145 Å². The summed E-state index contributed by atoms with van der Waals surface area (Å²) in [4.78, 5) is 16.3. The molecule has 25 heavy (non-hydrogen) atoms. The molecule has 2 aromatic carbocycles. The Morgan fingerprint density at radius 2 is 1.72 bits per heavy atom. The van der Waals surface area contributed by atoms with E-state index in [-0.39, 0.29) is 11.7 Å². The van der Waals surface area contributed by atoms with Gasteiger partial charge in [-0.1, -0.05) is 36.4 Å². The fraction of sp³-hybridized carbons (Fsp3) is 0.100. The number of hydrogen-bond acceptors (Lipinski definition) is 3. The summed E-state index contributed by atoms with van der Waals surface area (Å²) in [5.74, 6) is 0.0864. The molecule has 0 unspecified atom stereocenters. The molecule has 0 radical (unpaired) electrons. The lowest BCUT2D eigenvalue weighted by atomic mass is 10.1. The monoisotopic (exact) mass is 335 g/mol. The van der Waals surface area contributed by atoms with Crippen LogP contribution in [0.4, 0.5) is 15.9 Å². The van der Waals surface area contributed by atoms with Crippen molar-refractivity contribution in [2.75, 3.05) is 17.2 Å². The van der Waals surface area contributed by atoms with Crippen LogP contribution in [0.1, 0.15) is 15.9 Å². The molecule has 0 bridgehead atoms. The molecule has 4 nitrogen and oxygen atoms in total. The van der Waals surface area contributed by atoms with Crippen LogP contribution in [0.3, 0.4) is 0 Å². The number of benzene rings is 2. The van der Waals surface area contributed by atoms with Gasteiger partial charge < -0.3 is 10.6 Å². The van der Waals surface area contributed by atoms with Crippen LogP contribution in [0, 0.1) is 5.82 Å². The average molecular weight is 335 g/mol. The summed E-state index contributed by atoms with van der Waals surface area (Å²) in [5.41, 5.74) is 2.07. The maximum absolute atomic E-state index is 13.5. The lowest BCUT2D eigenvalue weighted by Crippen LogP contribution is -2.13. The van der Waals surface area contributed by atoms with Gasteiger partial charge in [-0.2, -0.15) is 0 Å². The van der Waals surface area contributed by atoms with E-state index in [9.17, 15) is 9.18 Å². The number of aromatic nitrogens is 1. The van der Waals surface area contributed by atoms with E-state index in [2.05, 4.69) is 15.6 Å². The molecular formula is C20H18FN3O. The van der Waals surface area contributed by atoms with Crippen molar-refractivity contribution in [2.45, 2.75) is 6.42 Å². The van der Waals surface area contributed by atoms with Crippen LogP contribution in [0.2, 0.25) is 0 Å². The van der Waals surface area contributed by atoms with Crippen molar-refractivity contribution in [1.82, 2.24) is 4.98 Å². The van der Waals surface area contributed by atoms with Gasteiger partial charge >= 0.3 is 0 Å². The maximum Gasteiger partial charge on any atom is 0.256 e. The van der Waals surface area contributed by atoms with E-state index >= 15 is 0 Å². The van der Waals surface area contributed by atoms with E-state index in [1.54, 1.807) is 36.5 Å². The lowest BCUT2D eigenvalue weighted by Gasteiger charge is -2.08. The Morgan fingerprint density at radius 3 is 2.44 bits per heavy atom. The molecule has 1 aromatic heterocycles. The van der Waals surface area contributed by atoms with Crippen LogP contribution in [-0.2, 0) is 6.42 Å². The molecule has 1 amide bonds. The minimum absolute atomic E-state index is 0.193. The van der Waals surface area contributed by atoms with E-state index in [1.165, 1.54) is 6.07 Å². The van der Waals surface area contributed by atoms with Gasteiger partial charge in [-0.05, 0) is 42.3 Å². The highest BCUT2D eigenvalue weighted by molar-refractivity contribution is 6.03. The largest absolute Gasteiger partial charge is 0.383 e. The number of carbonyl (C=O) groups is 1. The minimum Gasteiger partial charge on any atom is -0.383 e. The van der Waals surface area contributed by atoms with Crippen molar-refractivity contribution in [2.24, 2.45) is 0 Å². The normalized spacial score (nSPS) is 10.3. The number of halogens is 1. The third-order valence-electron chi connectivity index (χ3n) is 3.72. The van der Waals surface area contributed by atoms with Crippen LogP contribution in [-0.4, -0.2) is 17.4 Å². The number of anilines is 2. The SMILES string of the molecule is O=C(Nc1ccc(NCCc2ccccc2F)cn1)c1ccccc1. The highest BCUT2D eigenvalue weighted by atomic mass is 19.1. The van der Waals surface area contributed by atoms with Gasteiger partial charge in [0.1, 0.15) is 11.6 Å². The summed E-state index contributed by atoms with van der Waals surface area (Å²) in [7, 11) is 0. The fourth-order valence-electron chi connectivity index (χ4n) is 2.39. The summed E-state index contributed by atoms with van der Waals surface area (Å²) in [5, 5.41) is 5.94. The second-order valence-corrected chi connectivity index (χ2v) is 5.52. The first-order valence-electron chi connectivity index (χ1n) is 8.02. The molecule has 0 spiro atoms. The van der Waals surface area contributed by atoms with Crippen LogP contribution in [0.5, 0.6) is 0 Å². The van der Waals surface area contributed by atoms with Crippen molar-refractivity contribution in [1.29, 1.82) is 0 Å². The zero-order valence-electron chi connectivity index (χ0n) is 13.6. The number of hydrogen-bond donors (Lipinski definition) is 2. The predicted octanol–water partition coefficient (Wildman–Crippen LogP) is 4.13. The molecule has 5 heteroatoms. The molecule has 0 atom stereocenters. The van der Waals surface area contributed by atoms with Crippen LogP contribution < -0.4 is 10.6 Å². The summed E-state index contributed by atoms with van der Waals surface area (Å²) in [6.45, 7) is 0.596. The van der Waals surface area contributed by atoms with Gasteiger partial charge in [0.05, 0.1) is 11.9 Å². The second kappa shape index (κ2) is 8.06. The van der Waals surface area contributed by atoms with Crippen molar-refractivity contribution in [3.63, 3.8) is 0 Å². The van der Waals surface area contributed by atoms with Gasteiger partial charge in [-0.25, -0.2) is 9.37 Å². The summed E-state index contributed by atoms with van der Waals surface area (Å²) in [6, 6.07) is 19.3. The molecule has 0 aliphatic heterocycles. The van der Waals surface area contributed by atoms with Crippen molar-refractivity contribution >= 4 is 17.4 Å². The second-order valence-electron chi connectivity index (χ2n) is 5.52. The molecule has 0 saturated carbocycles. The molecule has 2 N–H and O–H groups in total. The molecule has 1 heterocycles. The lowest BCUT2D eigenvalue weighted by molar-refractivity contribution is 0.102. The molecule has 0 aliphatic rings. The van der Waals surface area contributed by atoms with E-state index < -0.39 is 0 Å². The number of nitrogens with one attached hydrogen (secondary N) is 2. The Balaban J connectivity index is 1.52. The first-order valence-corrected chi connectivity index (χ1v) is 8.02. The Hall–Kier alpha value is -3.21. The highest BCUT2D eigenvalue weighted by Crippen LogP contribution is 2.12. The standard InChI is InChI=1S/C20H18FN3O/c21-18-9-5-4-6-15(18)12-13-22-17-10-11-19(23-14-17)24-20(25)16-7-2-1-3-8-16/h1-11,14,22H,12-13H2,(H,23,24,25). The van der Waals surface area contributed by atoms with Gasteiger partial charge in [0.2, 0.25) is 0 Å². The maximum atomic E-state index is 13.5. The average Bonchev–Trinajstić information content (AvgIpc) is 2.65. The fourth-order valence-corrected chi connectivity index (χ4v) is 2.39. The predicted molar refractivity (Wildman–Crippen MR) is 97.2 cm³/mol. The first-order chi connectivity index (χ1) is 12.2. The number of carbonyl (C=O) groups excluding carboxylic acids is 1. The highest BCUT2D eigenvalue weighted by Gasteiger charge is 2.06. The topological polar surface area (TPSA) is 54.0 Å². The summed E-state index contributed by atoms with van der Waals surface area (Å²) in [6.07, 6.45) is 2.22. The van der Waals surface area contributed by atoms with E-state index in [4.69, 9.17) is 0 Å². The summed E-state index contributed by atoms with van der Waals surface area (Å²) < 4.78 is 13.5. The van der Waals surface area contributed by atoms with Gasteiger partial charge in [-0.15, -0.1) is 0 Å². The zero-order valence-corrected chi connectivity index (χ0v) is 13.6.